The average Bonchev–Trinajstić information content (AvgIpc) is 3.13. The smallest absolute Gasteiger partial charge is 0.300 e. The van der Waals surface area contributed by atoms with Gasteiger partial charge in [-0.2, -0.15) is 0 Å². The number of carbonyl (C=O) groups excluding carboxylic acids is 2. The van der Waals surface area contributed by atoms with Crippen molar-refractivity contribution in [1.29, 1.82) is 0 Å². The van der Waals surface area contributed by atoms with Crippen LogP contribution in [0.3, 0.4) is 0 Å². The van der Waals surface area contributed by atoms with E-state index in [4.69, 9.17) is 4.74 Å². The number of pyridine rings is 1. The van der Waals surface area contributed by atoms with E-state index in [0.717, 1.165) is 10.8 Å². The summed E-state index contributed by atoms with van der Waals surface area (Å²) in [7, 11) is 0. The third-order valence-electron chi connectivity index (χ3n) is 5.95. The molecule has 1 amide bonds. The molecule has 35 heavy (non-hydrogen) atoms. The van der Waals surface area contributed by atoms with Crippen molar-refractivity contribution in [3.63, 3.8) is 0 Å². The predicted octanol–water partition coefficient (Wildman–Crippen LogP) is 5.65. The van der Waals surface area contributed by atoms with Crippen molar-refractivity contribution in [2.75, 3.05) is 4.90 Å². The minimum absolute atomic E-state index is 0.0117. The van der Waals surface area contributed by atoms with Crippen LogP contribution in [-0.2, 0) is 9.59 Å². The Morgan fingerprint density at radius 3 is 2.51 bits per heavy atom. The Balaban J connectivity index is 1.73. The highest BCUT2D eigenvalue weighted by atomic mass is 16.5. The first-order chi connectivity index (χ1) is 17.0. The van der Waals surface area contributed by atoms with Gasteiger partial charge in [0.2, 0.25) is 0 Å². The number of ether oxygens (including phenoxy) is 1. The van der Waals surface area contributed by atoms with Gasteiger partial charge in [-0.1, -0.05) is 54.6 Å². The molecule has 6 heteroatoms. The number of fused-ring (bicyclic) bond motifs is 1. The molecule has 0 radical (unpaired) electrons. The maximum absolute atomic E-state index is 13.5. The van der Waals surface area contributed by atoms with E-state index in [2.05, 4.69) is 4.98 Å². The standard InChI is InChI=1S/C29H24N2O4/c1-18(2)35-22-12-5-10-20(16-22)27(32)25-26(21-11-7-15-30-17-21)31(29(34)28(25)33)24-14-6-9-19-8-3-4-13-23(19)24/h3-18,26,32H,1-2H3/b27-25+. The minimum atomic E-state index is -0.843. The zero-order chi connectivity index (χ0) is 24.5. The number of nitrogens with zero attached hydrogens (tertiary/aromatic N) is 2. The van der Waals surface area contributed by atoms with E-state index in [1.807, 2.05) is 56.3 Å². The van der Waals surface area contributed by atoms with Crippen LogP contribution >= 0.6 is 0 Å². The first kappa shape index (κ1) is 22.3. The number of Topliss-reactive ketones (excluding diaryl/α,β-unsaturated/α-hetero) is 1. The van der Waals surface area contributed by atoms with E-state index in [-0.39, 0.29) is 17.4 Å². The molecule has 6 nitrogen and oxygen atoms in total. The van der Waals surface area contributed by atoms with Crippen LogP contribution in [-0.4, -0.2) is 27.9 Å². The van der Waals surface area contributed by atoms with Crippen molar-refractivity contribution >= 4 is 33.9 Å². The van der Waals surface area contributed by atoms with Crippen LogP contribution in [0, 0.1) is 0 Å². The van der Waals surface area contributed by atoms with Gasteiger partial charge in [-0.05, 0) is 49.1 Å². The van der Waals surface area contributed by atoms with E-state index >= 15 is 0 Å². The monoisotopic (exact) mass is 464 g/mol. The van der Waals surface area contributed by atoms with Gasteiger partial charge in [0.1, 0.15) is 11.5 Å². The molecule has 4 aromatic rings. The molecule has 0 saturated carbocycles. The summed E-state index contributed by atoms with van der Waals surface area (Å²) in [5, 5.41) is 13.2. The van der Waals surface area contributed by atoms with Crippen molar-refractivity contribution in [1.82, 2.24) is 4.98 Å². The Morgan fingerprint density at radius 2 is 1.74 bits per heavy atom. The summed E-state index contributed by atoms with van der Waals surface area (Å²) in [5.74, 6) is -1.15. The minimum Gasteiger partial charge on any atom is -0.507 e. The summed E-state index contributed by atoms with van der Waals surface area (Å²) in [5.41, 5.74) is 1.62. The number of hydrogen-bond acceptors (Lipinski definition) is 5. The lowest BCUT2D eigenvalue weighted by Gasteiger charge is -2.26. The number of amides is 1. The molecule has 1 aliphatic rings. The molecule has 2 heterocycles. The number of ketones is 1. The maximum atomic E-state index is 13.5. The fraction of sp³-hybridized carbons (Fsp3) is 0.138. The highest BCUT2D eigenvalue weighted by Crippen LogP contribution is 2.44. The van der Waals surface area contributed by atoms with Crippen molar-refractivity contribution < 1.29 is 19.4 Å². The molecule has 1 unspecified atom stereocenters. The molecule has 5 rings (SSSR count). The topological polar surface area (TPSA) is 79.7 Å². The average molecular weight is 465 g/mol. The highest BCUT2D eigenvalue weighted by Gasteiger charge is 2.47. The molecule has 0 spiro atoms. The van der Waals surface area contributed by atoms with Gasteiger partial charge in [-0.3, -0.25) is 19.5 Å². The molecule has 0 aliphatic carbocycles. The number of hydrogen-bond donors (Lipinski definition) is 1. The quantitative estimate of drug-likeness (QED) is 0.235. The number of rotatable bonds is 5. The van der Waals surface area contributed by atoms with E-state index in [0.29, 0.717) is 22.6 Å². The number of aromatic nitrogens is 1. The van der Waals surface area contributed by atoms with E-state index in [9.17, 15) is 14.7 Å². The lowest BCUT2D eigenvalue weighted by atomic mass is 9.95. The number of anilines is 1. The molecular formula is C29H24N2O4. The third-order valence-corrected chi connectivity index (χ3v) is 5.95. The molecule has 1 saturated heterocycles. The number of aliphatic hydroxyl groups is 1. The van der Waals surface area contributed by atoms with Crippen LogP contribution in [0.25, 0.3) is 16.5 Å². The lowest BCUT2D eigenvalue weighted by Crippen LogP contribution is -2.29. The van der Waals surface area contributed by atoms with Crippen LogP contribution < -0.4 is 9.64 Å². The summed E-state index contributed by atoms with van der Waals surface area (Å²) in [6.45, 7) is 3.81. The summed E-state index contributed by atoms with van der Waals surface area (Å²) in [4.78, 5) is 32.6. The maximum Gasteiger partial charge on any atom is 0.300 e. The van der Waals surface area contributed by atoms with E-state index < -0.39 is 17.7 Å². The molecule has 174 valence electrons. The summed E-state index contributed by atoms with van der Waals surface area (Å²) in [6, 6.07) is 22.9. The molecule has 1 aliphatic heterocycles. The zero-order valence-electron chi connectivity index (χ0n) is 19.4. The predicted molar refractivity (Wildman–Crippen MR) is 135 cm³/mol. The second-order valence-electron chi connectivity index (χ2n) is 8.65. The van der Waals surface area contributed by atoms with Gasteiger partial charge in [0.15, 0.2) is 0 Å². The fourth-order valence-corrected chi connectivity index (χ4v) is 4.50. The Bertz CT molecular complexity index is 1450. The zero-order valence-corrected chi connectivity index (χ0v) is 19.4. The molecule has 1 N–H and O–H groups in total. The number of benzene rings is 3. The highest BCUT2D eigenvalue weighted by molar-refractivity contribution is 6.52. The fourth-order valence-electron chi connectivity index (χ4n) is 4.50. The van der Waals surface area contributed by atoms with Crippen LogP contribution in [0.2, 0.25) is 0 Å². The van der Waals surface area contributed by atoms with Gasteiger partial charge in [0, 0.05) is 23.3 Å². The van der Waals surface area contributed by atoms with Crippen molar-refractivity contribution in [3.8, 4) is 5.75 Å². The van der Waals surface area contributed by atoms with Gasteiger partial charge >= 0.3 is 0 Å². The summed E-state index contributed by atoms with van der Waals surface area (Å²) >= 11 is 0. The normalized spacial score (nSPS) is 17.3. The molecule has 3 aromatic carbocycles. The van der Waals surface area contributed by atoms with Crippen LogP contribution in [0.4, 0.5) is 5.69 Å². The van der Waals surface area contributed by atoms with Crippen LogP contribution in [0.15, 0.2) is 96.8 Å². The Hall–Kier alpha value is -4.45. The van der Waals surface area contributed by atoms with Crippen molar-refractivity contribution in [2.45, 2.75) is 26.0 Å². The first-order valence-electron chi connectivity index (χ1n) is 11.4. The van der Waals surface area contributed by atoms with Crippen LogP contribution in [0.5, 0.6) is 5.75 Å². The number of carbonyl (C=O) groups is 2. The molecule has 1 aromatic heterocycles. The number of aliphatic hydroxyl groups excluding tert-OH is 1. The van der Waals surface area contributed by atoms with E-state index in [1.54, 1.807) is 48.8 Å². The van der Waals surface area contributed by atoms with Gasteiger partial charge in [-0.15, -0.1) is 0 Å². The van der Waals surface area contributed by atoms with Crippen molar-refractivity contribution in [2.24, 2.45) is 0 Å². The van der Waals surface area contributed by atoms with E-state index in [1.165, 1.54) is 4.90 Å². The van der Waals surface area contributed by atoms with Gasteiger partial charge in [0.05, 0.1) is 23.4 Å². The Morgan fingerprint density at radius 1 is 0.971 bits per heavy atom. The van der Waals surface area contributed by atoms with Gasteiger partial charge < -0.3 is 9.84 Å². The molecule has 0 bridgehead atoms. The van der Waals surface area contributed by atoms with Gasteiger partial charge in [-0.25, -0.2) is 0 Å². The molecule has 1 fully saturated rings. The summed E-state index contributed by atoms with van der Waals surface area (Å²) < 4.78 is 5.76. The summed E-state index contributed by atoms with van der Waals surface area (Å²) in [6.07, 6.45) is 3.18. The first-order valence-corrected chi connectivity index (χ1v) is 11.4. The lowest BCUT2D eigenvalue weighted by molar-refractivity contribution is -0.132. The second kappa shape index (κ2) is 9.06. The van der Waals surface area contributed by atoms with Crippen LogP contribution in [0.1, 0.15) is 31.0 Å². The largest absolute Gasteiger partial charge is 0.507 e. The SMILES string of the molecule is CC(C)Oc1cccc(/C(O)=C2\C(=O)C(=O)N(c3cccc4ccccc34)C2c2cccnc2)c1. The van der Waals surface area contributed by atoms with Gasteiger partial charge in [0.25, 0.3) is 11.7 Å². The molecular weight excluding hydrogens is 440 g/mol. The Labute approximate surface area is 203 Å². The van der Waals surface area contributed by atoms with Crippen molar-refractivity contribution in [3.05, 3.63) is 108 Å². The third kappa shape index (κ3) is 4.04. The Kier molecular flexibility index (Phi) is 5.79. The molecule has 1 atom stereocenters. The second-order valence-corrected chi connectivity index (χ2v) is 8.65.